The van der Waals surface area contributed by atoms with Crippen LogP contribution in [0.1, 0.15) is 26.3 Å². The van der Waals surface area contributed by atoms with Gasteiger partial charge in [-0.05, 0) is 38.1 Å². The van der Waals surface area contributed by atoms with Gasteiger partial charge < -0.3 is 10.1 Å². The summed E-state index contributed by atoms with van der Waals surface area (Å²) in [6.07, 6.45) is 0. The Morgan fingerprint density at radius 2 is 2.00 bits per heavy atom. The molecule has 0 aromatic heterocycles. The van der Waals surface area contributed by atoms with Gasteiger partial charge in [0.05, 0.1) is 24.7 Å². The first-order chi connectivity index (χ1) is 12.3. The molecule has 2 rings (SSSR count). The quantitative estimate of drug-likeness (QED) is 0.726. The number of sulfonamides is 1. The van der Waals surface area contributed by atoms with Crippen LogP contribution in [0.5, 0.6) is 0 Å². The van der Waals surface area contributed by atoms with Crippen molar-refractivity contribution in [2.24, 2.45) is 0 Å². The molecule has 1 aromatic carbocycles. The van der Waals surface area contributed by atoms with Crippen LogP contribution in [0.25, 0.3) is 0 Å². The lowest BCUT2D eigenvalue weighted by Crippen LogP contribution is -2.40. The number of ether oxygens (including phenoxy) is 1. The van der Waals surface area contributed by atoms with Gasteiger partial charge in [0.1, 0.15) is 0 Å². The molecule has 0 saturated carbocycles. The number of carbonyl (C=O) groups excluding carboxylic acids is 1. The van der Waals surface area contributed by atoms with Crippen LogP contribution in [-0.2, 0) is 26.1 Å². The summed E-state index contributed by atoms with van der Waals surface area (Å²) in [6.45, 7) is 8.95. The van der Waals surface area contributed by atoms with E-state index in [9.17, 15) is 13.2 Å². The Kier molecular flexibility index (Phi) is 7.57. The van der Waals surface area contributed by atoms with Crippen LogP contribution in [0.2, 0.25) is 0 Å². The van der Waals surface area contributed by atoms with Crippen LogP contribution in [0.15, 0.2) is 29.2 Å². The van der Waals surface area contributed by atoms with Gasteiger partial charge in [-0.25, -0.2) is 8.42 Å². The average molecular weight is 384 g/mol. The Morgan fingerprint density at radius 3 is 2.62 bits per heavy atom. The number of morpholine rings is 1. The minimum absolute atomic E-state index is 0.0288. The van der Waals surface area contributed by atoms with E-state index < -0.39 is 10.0 Å². The molecular formula is C18H29N3O4S. The fraction of sp³-hybridized carbons (Fsp3) is 0.611. The SMILES string of the molecule is CCN(CC(=O)NC(C)C)Cc1cccc(S(=O)(=O)N2CCOCC2)c1. The summed E-state index contributed by atoms with van der Waals surface area (Å²) in [5, 5.41) is 2.88. The van der Waals surface area contributed by atoms with Crippen LogP contribution in [0.4, 0.5) is 0 Å². The van der Waals surface area contributed by atoms with Crippen LogP contribution < -0.4 is 5.32 Å². The van der Waals surface area contributed by atoms with E-state index in [1.165, 1.54) is 4.31 Å². The normalized spacial score (nSPS) is 16.2. The van der Waals surface area contributed by atoms with Crippen LogP contribution in [0, 0.1) is 0 Å². The second kappa shape index (κ2) is 9.45. The maximum atomic E-state index is 12.8. The monoisotopic (exact) mass is 383 g/mol. The summed E-state index contributed by atoms with van der Waals surface area (Å²) in [5.41, 5.74) is 0.874. The molecule has 26 heavy (non-hydrogen) atoms. The Hall–Kier alpha value is -1.48. The number of hydrogen-bond donors (Lipinski definition) is 1. The van der Waals surface area contributed by atoms with E-state index in [1.54, 1.807) is 18.2 Å². The zero-order chi connectivity index (χ0) is 19.2. The second-order valence-electron chi connectivity index (χ2n) is 6.69. The third kappa shape index (κ3) is 5.77. The van der Waals surface area contributed by atoms with E-state index in [-0.39, 0.29) is 18.5 Å². The molecule has 1 saturated heterocycles. The summed E-state index contributed by atoms with van der Waals surface area (Å²) in [6, 6.07) is 7.07. The zero-order valence-electron chi connectivity index (χ0n) is 15.8. The number of amides is 1. The Labute approximate surface area is 156 Å². The number of hydrogen-bond acceptors (Lipinski definition) is 5. The highest BCUT2D eigenvalue weighted by atomic mass is 32.2. The third-order valence-electron chi connectivity index (χ3n) is 4.18. The standard InChI is InChI=1S/C18H29N3O4S/c1-4-20(14-18(22)19-15(2)3)13-16-6-5-7-17(12-16)26(23,24)21-8-10-25-11-9-21/h5-7,12,15H,4,8-11,13-14H2,1-3H3,(H,19,22). The van der Waals surface area contributed by atoms with Gasteiger partial charge >= 0.3 is 0 Å². The highest BCUT2D eigenvalue weighted by molar-refractivity contribution is 7.89. The lowest BCUT2D eigenvalue weighted by Gasteiger charge is -2.26. The second-order valence-corrected chi connectivity index (χ2v) is 8.63. The summed E-state index contributed by atoms with van der Waals surface area (Å²) in [5.74, 6) is -0.0288. The van der Waals surface area contributed by atoms with Crippen LogP contribution in [0.3, 0.4) is 0 Å². The predicted molar refractivity (Wildman–Crippen MR) is 100 cm³/mol. The number of nitrogens with zero attached hydrogens (tertiary/aromatic N) is 2. The minimum Gasteiger partial charge on any atom is -0.379 e. The van der Waals surface area contributed by atoms with Gasteiger partial charge in [-0.2, -0.15) is 4.31 Å². The fourth-order valence-electron chi connectivity index (χ4n) is 2.85. The van der Waals surface area contributed by atoms with E-state index in [2.05, 4.69) is 5.32 Å². The molecule has 7 nitrogen and oxygen atoms in total. The fourth-order valence-corrected chi connectivity index (χ4v) is 4.33. The number of carbonyl (C=O) groups is 1. The van der Waals surface area contributed by atoms with Crippen molar-refractivity contribution in [3.8, 4) is 0 Å². The van der Waals surface area contributed by atoms with Crippen molar-refractivity contribution in [2.75, 3.05) is 39.4 Å². The van der Waals surface area contributed by atoms with Crippen molar-refractivity contribution in [3.63, 3.8) is 0 Å². The molecule has 1 heterocycles. The van der Waals surface area contributed by atoms with Gasteiger partial charge in [0.15, 0.2) is 0 Å². The van der Waals surface area contributed by atoms with E-state index in [1.807, 2.05) is 31.7 Å². The molecule has 8 heteroatoms. The van der Waals surface area contributed by atoms with Crippen molar-refractivity contribution in [2.45, 2.75) is 38.3 Å². The molecule has 1 aromatic rings. The zero-order valence-corrected chi connectivity index (χ0v) is 16.6. The van der Waals surface area contributed by atoms with Crippen molar-refractivity contribution in [3.05, 3.63) is 29.8 Å². The van der Waals surface area contributed by atoms with Gasteiger partial charge in [0.2, 0.25) is 15.9 Å². The van der Waals surface area contributed by atoms with Crippen LogP contribution >= 0.6 is 0 Å². The molecule has 1 fully saturated rings. The molecule has 146 valence electrons. The van der Waals surface area contributed by atoms with Crippen LogP contribution in [-0.4, -0.2) is 69.0 Å². The molecule has 1 amide bonds. The topological polar surface area (TPSA) is 79.0 Å². The van der Waals surface area contributed by atoms with Gasteiger partial charge in [0.25, 0.3) is 0 Å². The van der Waals surface area contributed by atoms with Gasteiger partial charge in [-0.1, -0.05) is 19.1 Å². The van der Waals surface area contributed by atoms with Crippen molar-refractivity contribution < 1.29 is 17.9 Å². The molecule has 1 aliphatic rings. The molecule has 0 bridgehead atoms. The molecular weight excluding hydrogens is 354 g/mol. The number of benzene rings is 1. The Balaban J connectivity index is 2.08. The van der Waals surface area contributed by atoms with Crippen molar-refractivity contribution >= 4 is 15.9 Å². The highest BCUT2D eigenvalue weighted by Crippen LogP contribution is 2.19. The number of rotatable bonds is 8. The summed E-state index contributed by atoms with van der Waals surface area (Å²) in [4.78, 5) is 14.3. The molecule has 0 spiro atoms. The first-order valence-corrected chi connectivity index (χ1v) is 10.5. The lowest BCUT2D eigenvalue weighted by molar-refractivity contribution is -0.122. The number of likely N-dealkylation sites (N-methyl/N-ethyl adjacent to an activating group) is 1. The van der Waals surface area contributed by atoms with E-state index in [0.717, 1.165) is 5.56 Å². The first-order valence-electron chi connectivity index (χ1n) is 9.01. The molecule has 0 unspecified atom stereocenters. The van der Waals surface area contributed by atoms with Gasteiger partial charge in [-0.3, -0.25) is 9.69 Å². The summed E-state index contributed by atoms with van der Waals surface area (Å²) >= 11 is 0. The number of nitrogens with one attached hydrogen (secondary N) is 1. The van der Waals surface area contributed by atoms with E-state index in [0.29, 0.717) is 44.3 Å². The van der Waals surface area contributed by atoms with Gasteiger partial charge in [-0.15, -0.1) is 0 Å². The largest absolute Gasteiger partial charge is 0.379 e. The third-order valence-corrected chi connectivity index (χ3v) is 6.07. The smallest absolute Gasteiger partial charge is 0.243 e. The minimum atomic E-state index is -3.51. The average Bonchev–Trinajstić information content (AvgIpc) is 2.61. The molecule has 1 aliphatic heterocycles. The van der Waals surface area contributed by atoms with E-state index >= 15 is 0 Å². The van der Waals surface area contributed by atoms with E-state index in [4.69, 9.17) is 4.74 Å². The lowest BCUT2D eigenvalue weighted by atomic mass is 10.2. The summed E-state index contributed by atoms with van der Waals surface area (Å²) < 4.78 is 32.3. The van der Waals surface area contributed by atoms with Crippen molar-refractivity contribution in [1.82, 2.24) is 14.5 Å². The molecule has 1 N–H and O–H groups in total. The Morgan fingerprint density at radius 1 is 1.31 bits per heavy atom. The first kappa shape index (κ1) is 20.8. The Bertz CT molecular complexity index is 700. The van der Waals surface area contributed by atoms with Gasteiger partial charge in [0, 0.05) is 25.7 Å². The maximum absolute atomic E-state index is 12.8. The molecule has 0 atom stereocenters. The molecule has 0 aliphatic carbocycles. The summed E-state index contributed by atoms with van der Waals surface area (Å²) in [7, 11) is -3.51. The van der Waals surface area contributed by atoms with Crippen molar-refractivity contribution in [1.29, 1.82) is 0 Å². The maximum Gasteiger partial charge on any atom is 0.243 e. The highest BCUT2D eigenvalue weighted by Gasteiger charge is 2.26. The molecule has 0 radical (unpaired) electrons. The predicted octanol–water partition coefficient (Wildman–Crippen LogP) is 1.05.